The van der Waals surface area contributed by atoms with Crippen molar-refractivity contribution in [3.05, 3.63) is 35.9 Å². The molecule has 4 aliphatic rings. The van der Waals surface area contributed by atoms with Crippen molar-refractivity contribution in [1.82, 2.24) is 0 Å². The number of rotatable bonds is 2. The summed E-state index contributed by atoms with van der Waals surface area (Å²) >= 11 is 0. The molecule has 3 saturated carbocycles. The highest BCUT2D eigenvalue weighted by Gasteiger charge is 2.78. The minimum absolute atomic E-state index is 0.333. The predicted molar refractivity (Wildman–Crippen MR) is 74.7 cm³/mol. The van der Waals surface area contributed by atoms with Crippen LogP contribution < -0.4 is 0 Å². The summed E-state index contributed by atoms with van der Waals surface area (Å²) in [6, 6.07) is 11.1. The number of hydrogen-bond donors (Lipinski definition) is 0. The van der Waals surface area contributed by atoms with Crippen LogP contribution in [0, 0.1) is 29.6 Å². The van der Waals surface area contributed by atoms with Gasteiger partial charge in [-0.3, -0.25) is 0 Å². The third-order valence-corrected chi connectivity index (χ3v) is 6.63. The Morgan fingerprint density at radius 3 is 2.47 bits per heavy atom. The van der Waals surface area contributed by atoms with Gasteiger partial charge in [0.1, 0.15) is 0 Å². The lowest BCUT2D eigenvalue weighted by molar-refractivity contribution is 0.0242. The molecule has 1 aromatic rings. The van der Waals surface area contributed by atoms with Crippen LogP contribution in [0.1, 0.15) is 31.2 Å². The molecule has 2 bridgehead atoms. The molecular formula is C18H22O. The second-order valence-corrected chi connectivity index (χ2v) is 7.26. The Morgan fingerprint density at radius 2 is 1.74 bits per heavy atom. The van der Waals surface area contributed by atoms with E-state index in [0.29, 0.717) is 5.60 Å². The van der Waals surface area contributed by atoms with Crippen molar-refractivity contribution in [3.8, 4) is 0 Å². The van der Waals surface area contributed by atoms with Crippen molar-refractivity contribution in [2.24, 2.45) is 29.6 Å². The van der Waals surface area contributed by atoms with Crippen LogP contribution in [-0.2, 0) is 11.2 Å². The second kappa shape index (κ2) is 3.63. The topological polar surface area (TPSA) is 9.23 Å². The van der Waals surface area contributed by atoms with Gasteiger partial charge in [-0.15, -0.1) is 0 Å². The van der Waals surface area contributed by atoms with E-state index < -0.39 is 0 Å². The molecule has 1 aromatic carbocycles. The molecule has 0 N–H and O–H groups in total. The van der Waals surface area contributed by atoms with Crippen molar-refractivity contribution >= 4 is 0 Å². The van der Waals surface area contributed by atoms with Crippen molar-refractivity contribution in [1.29, 1.82) is 0 Å². The summed E-state index contributed by atoms with van der Waals surface area (Å²) in [5.74, 6) is 4.73. The first-order valence-electron chi connectivity index (χ1n) is 8.07. The summed E-state index contributed by atoms with van der Waals surface area (Å²) in [6.07, 6.45) is 7.05. The van der Waals surface area contributed by atoms with Crippen molar-refractivity contribution in [2.45, 2.75) is 37.7 Å². The van der Waals surface area contributed by atoms with E-state index in [-0.39, 0.29) is 0 Å². The zero-order valence-electron chi connectivity index (χ0n) is 11.4. The average molecular weight is 254 g/mol. The molecule has 100 valence electrons. The average Bonchev–Trinajstić information content (AvgIpc) is 2.83. The van der Waals surface area contributed by atoms with Gasteiger partial charge < -0.3 is 4.74 Å². The van der Waals surface area contributed by atoms with Crippen LogP contribution in [0.25, 0.3) is 0 Å². The Labute approximate surface area is 115 Å². The van der Waals surface area contributed by atoms with E-state index in [1.165, 1.54) is 37.7 Å². The van der Waals surface area contributed by atoms with Gasteiger partial charge in [-0.1, -0.05) is 30.3 Å². The Hall–Kier alpha value is -0.820. The molecule has 1 nitrogen and oxygen atoms in total. The highest BCUT2D eigenvalue weighted by Crippen LogP contribution is 2.76. The van der Waals surface area contributed by atoms with Gasteiger partial charge >= 0.3 is 0 Å². The molecule has 2 unspecified atom stereocenters. The van der Waals surface area contributed by atoms with Crippen LogP contribution >= 0.6 is 0 Å². The molecule has 0 amide bonds. The van der Waals surface area contributed by atoms with E-state index in [1.54, 1.807) is 0 Å². The van der Waals surface area contributed by atoms with Gasteiger partial charge in [-0.05, 0) is 67.3 Å². The molecule has 0 aromatic heterocycles. The number of ether oxygens (including phenoxy) is 1. The summed E-state index contributed by atoms with van der Waals surface area (Å²) in [7, 11) is 0. The van der Waals surface area contributed by atoms with Gasteiger partial charge in [0.2, 0.25) is 0 Å². The van der Waals surface area contributed by atoms with E-state index >= 15 is 0 Å². The standard InChI is InChI=1S/C18H22O/c1-2-4-12(5-3-1)10-15-8-9-19-18(15)16-13-6-7-14(11-13)17(16)18/h1-5,13-17H,6-11H2/t13-,14+,15?,16+,17-,18?. The van der Waals surface area contributed by atoms with Crippen molar-refractivity contribution in [2.75, 3.05) is 6.61 Å². The second-order valence-electron chi connectivity index (χ2n) is 7.26. The fourth-order valence-electron chi connectivity index (χ4n) is 6.09. The number of hydrogen-bond acceptors (Lipinski definition) is 1. The zero-order valence-corrected chi connectivity index (χ0v) is 11.4. The van der Waals surface area contributed by atoms with Crippen LogP contribution in [0.3, 0.4) is 0 Å². The van der Waals surface area contributed by atoms with E-state index in [4.69, 9.17) is 4.74 Å². The molecule has 1 heteroatoms. The Morgan fingerprint density at radius 1 is 1.00 bits per heavy atom. The molecule has 6 atom stereocenters. The molecule has 5 rings (SSSR count). The van der Waals surface area contributed by atoms with Crippen LogP contribution in [0.2, 0.25) is 0 Å². The first-order valence-corrected chi connectivity index (χ1v) is 8.07. The first-order chi connectivity index (χ1) is 9.39. The number of benzene rings is 1. The highest BCUT2D eigenvalue weighted by molar-refractivity contribution is 5.29. The third kappa shape index (κ3) is 1.30. The maximum Gasteiger partial charge on any atom is 0.0783 e. The van der Waals surface area contributed by atoms with Gasteiger partial charge in [0.15, 0.2) is 0 Å². The van der Waals surface area contributed by atoms with Gasteiger partial charge in [0.05, 0.1) is 5.60 Å². The third-order valence-electron chi connectivity index (χ3n) is 6.63. The zero-order chi connectivity index (χ0) is 12.4. The molecule has 19 heavy (non-hydrogen) atoms. The monoisotopic (exact) mass is 254 g/mol. The molecule has 3 aliphatic carbocycles. The minimum atomic E-state index is 0.333. The van der Waals surface area contributed by atoms with Crippen molar-refractivity contribution < 1.29 is 4.74 Å². The molecular weight excluding hydrogens is 232 g/mol. The molecule has 1 spiro atoms. The molecule has 1 heterocycles. The van der Waals surface area contributed by atoms with Crippen LogP contribution in [0.15, 0.2) is 30.3 Å². The summed E-state index contributed by atoms with van der Waals surface area (Å²) in [4.78, 5) is 0. The first kappa shape index (κ1) is 10.9. The van der Waals surface area contributed by atoms with Gasteiger partial charge in [0.25, 0.3) is 0 Å². The lowest BCUT2D eigenvalue weighted by atomic mass is 9.85. The fourth-order valence-corrected chi connectivity index (χ4v) is 6.09. The highest BCUT2D eigenvalue weighted by atomic mass is 16.5. The fraction of sp³-hybridized carbons (Fsp3) is 0.667. The summed E-state index contributed by atoms with van der Waals surface area (Å²) < 4.78 is 6.38. The van der Waals surface area contributed by atoms with Crippen LogP contribution in [0.4, 0.5) is 0 Å². The summed E-state index contributed by atoms with van der Waals surface area (Å²) in [5.41, 5.74) is 1.84. The molecule has 1 saturated heterocycles. The lowest BCUT2D eigenvalue weighted by Gasteiger charge is -2.25. The van der Waals surface area contributed by atoms with E-state index in [9.17, 15) is 0 Å². The molecule has 1 aliphatic heterocycles. The normalized spacial score (nSPS) is 49.8. The molecule has 4 fully saturated rings. The predicted octanol–water partition coefficient (Wildman–Crippen LogP) is 3.68. The Bertz CT molecular complexity index is 478. The molecule has 0 radical (unpaired) electrons. The largest absolute Gasteiger partial charge is 0.374 e. The van der Waals surface area contributed by atoms with Crippen LogP contribution in [0.5, 0.6) is 0 Å². The summed E-state index contributed by atoms with van der Waals surface area (Å²) in [5, 5.41) is 0. The SMILES string of the molecule is c1ccc(CC2CCOC23[C@@H]2[C@H]4CC[C@H](C4)[C@@H]23)cc1. The van der Waals surface area contributed by atoms with E-state index in [0.717, 1.165) is 36.2 Å². The van der Waals surface area contributed by atoms with Gasteiger partial charge in [-0.2, -0.15) is 0 Å². The maximum absolute atomic E-state index is 6.38. The van der Waals surface area contributed by atoms with Crippen molar-refractivity contribution in [3.63, 3.8) is 0 Å². The smallest absolute Gasteiger partial charge is 0.0783 e. The summed E-state index contributed by atoms with van der Waals surface area (Å²) in [6.45, 7) is 1.02. The van der Waals surface area contributed by atoms with Gasteiger partial charge in [-0.25, -0.2) is 0 Å². The Kier molecular flexibility index (Phi) is 2.09. The van der Waals surface area contributed by atoms with E-state index in [1.807, 2.05) is 0 Å². The van der Waals surface area contributed by atoms with Crippen LogP contribution in [-0.4, -0.2) is 12.2 Å². The lowest BCUT2D eigenvalue weighted by Crippen LogP contribution is -2.28. The minimum Gasteiger partial charge on any atom is -0.374 e. The van der Waals surface area contributed by atoms with E-state index in [2.05, 4.69) is 30.3 Å². The quantitative estimate of drug-likeness (QED) is 0.782. The Balaban J connectivity index is 1.43. The number of fused-ring (bicyclic) bond motifs is 7. The van der Waals surface area contributed by atoms with Gasteiger partial charge in [0, 0.05) is 6.61 Å². The maximum atomic E-state index is 6.38.